The number of esters is 1. The number of hydrogen-bond donors (Lipinski definition) is 0. The summed E-state index contributed by atoms with van der Waals surface area (Å²) in [6.07, 6.45) is 0.447. The molecule has 1 heterocycles. The highest BCUT2D eigenvalue weighted by Gasteiger charge is 2.20. The van der Waals surface area contributed by atoms with E-state index in [1.165, 1.54) is 18.3 Å². The smallest absolute Gasteiger partial charge is 0.340 e. The first kappa shape index (κ1) is 16.2. The third kappa shape index (κ3) is 3.71. The van der Waals surface area contributed by atoms with Crippen LogP contribution >= 0.6 is 11.6 Å². The van der Waals surface area contributed by atoms with E-state index < -0.39 is 12.1 Å². The van der Waals surface area contributed by atoms with Gasteiger partial charge in [0.15, 0.2) is 6.10 Å². The Morgan fingerprint density at radius 1 is 1.09 bits per heavy atom. The maximum atomic E-state index is 12.3. The fourth-order valence-corrected chi connectivity index (χ4v) is 2.02. The Hall–Kier alpha value is -2.20. The lowest BCUT2D eigenvalue weighted by molar-refractivity contribution is 0.0318. The van der Waals surface area contributed by atoms with Gasteiger partial charge < -0.3 is 4.74 Å². The highest BCUT2D eigenvalue weighted by Crippen LogP contribution is 2.14. The number of Topliss-reactive ketones (excluding diaryl/α,β-unsaturated/α-hetero) is 1. The van der Waals surface area contributed by atoms with Crippen molar-refractivity contribution in [1.82, 2.24) is 4.98 Å². The van der Waals surface area contributed by atoms with Crippen molar-refractivity contribution in [3.63, 3.8) is 0 Å². The van der Waals surface area contributed by atoms with Crippen LogP contribution in [0.3, 0.4) is 0 Å². The summed E-state index contributed by atoms with van der Waals surface area (Å²) in [5.74, 6) is -0.841. The molecule has 0 aliphatic carbocycles. The van der Waals surface area contributed by atoms with Crippen LogP contribution < -0.4 is 0 Å². The van der Waals surface area contributed by atoms with E-state index in [-0.39, 0.29) is 16.5 Å². The average molecular weight is 318 g/mol. The summed E-state index contributed by atoms with van der Waals surface area (Å²) in [5, 5.41) is 0.288. The molecule has 0 aliphatic rings. The van der Waals surface area contributed by atoms with Crippen molar-refractivity contribution in [1.29, 1.82) is 0 Å². The largest absolute Gasteiger partial charge is 0.451 e. The minimum Gasteiger partial charge on any atom is -0.451 e. The van der Waals surface area contributed by atoms with Crippen LogP contribution in [0.5, 0.6) is 0 Å². The molecule has 0 fully saturated rings. The summed E-state index contributed by atoms with van der Waals surface area (Å²) >= 11 is 5.66. The number of ether oxygens (including phenoxy) is 1. The molecule has 1 aromatic carbocycles. The minimum absolute atomic E-state index is 0.238. The van der Waals surface area contributed by atoms with Gasteiger partial charge in [-0.2, -0.15) is 0 Å². The van der Waals surface area contributed by atoms with Crippen LogP contribution in [0.25, 0.3) is 0 Å². The Morgan fingerprint density at radius 3 is 2.36 bits per heavy atom. The SMILES string of the molecule is Cc1ccc(C(=O)C(C)OC(=O)c2ccc(Cl)nc2)cc1C. The van der Waals surface area contributed by atoms with Gasteiger partial charge in [0.05, 0.1) is 5.56 Å². The zero-order valence-electron chi connectivity index (χ0n) is 12.6. The Balaban J connectivity index is 2.09. The van der Waals surface area contributed by atoms with Gasteiger partial charge in [-0.3, -0.25) is 4.79 Å². The molecule has 1 atom stereocenters. The summed E-state index contributed by atoms with van der Waals surface area (Å²) < 4.78 is 5.19. The highest BCUT2D eigenvalue weighted by molar-refractivity contribution is 6.29. The second-order valence-corrected chi connectivity index (χ2v) is 5.47. The molecule has 1 aromatic heterocycles. The third-order valence-corrected chi connectivity index (χ3v) is 3.63. The van der Waals surface area contributed by atoms with E-state index in [9.17, 15) is 9.59 Å². The lowest BCUT2D eigenvalue weighted by Crippen LogP contribution is -2.24. The second kappa shape index (κ2) is 6.71. The van der Waals surface area contributed by atoms with Crippen LogP contribution in [-0.4, -0.2) is 22.8 Å². The van der Waals surface area contributed by atoms with Crippen LogP contribution in [0.4, 0.5) is 0 Å². The van der Waals surface area contributed by atoms with E-state index in [4.69, 9.17) is 16.3 Å². The van der Waals surface area contributed by atoms with E-state index >= 15 is 0 Å². The molecule has 0 amide bonds. The maximum absolute atomic E-state index is 12.3. The first-order valence-electron chi connectivity index (χ1n) is 6.82. The molecule has 1 unspecified atom stereocenters. The number of pyridine rings is 1. The number of ketones is 1. The summed E-state index contributed by atoms with van der Waals surface area (Å²) in [5.41, 5.74) is 2.90. The Morgan fingerprint density at radius 2 is 1.77 bits per heavy atom. The predicted octanol–water partition coefficient (Wildman–Crippen LogP) is 3.78. The normalized spacial score (nSPS) is 11.8. The minimum atomic E-state index is -0.870. The number of aromatic nitrogens is 1. The maximum Gasteiger partial charge on any atom is 0.340 e. The summed E-state index contributed by atoms with van der Waals surface area (Å²) in [6.45, 7) is 5.46. The van der Waals surface area contributed by atoms with E-state index in [0.29, 0.717) is 5.56 Å². The molecule has 0 N–H and O–H groups in total. The van der Waals surface area contributed by atoms with Crippen molar-refractivity contribution < 1.29 is 14.3 Å². The third-order valence-electron chi connectivity index (χ3n) is 3.41. The fourth-order valence-electron chi connectivity index (χ4n) is 1.91. The lowest BCUT2D eigenvalue weighted by Gasteiger charge is -2.13. The fraction of sp³-hybridized carbons (Fsp3) is 0.235. The monoisotopic (exact) mass is 317 g/mol. The standard InChI is InChI=1S/C17H16ClNO3/c1-10-4-5-13(8-11(10)2)16(20)12(3)22-17(21)14-6-7-15(18)19-9-14/h4-9,12H,1-3H3. The zero-order valence-corrected chi connectivity index (χ0v) is 13.3. The van der Waals surface area contributed by atoms with Gasteiger partial charge in [-0.15, -0.1) is 0 Å². The number of carbonyl (C=O) groups excluding carboxylic acids is 2. The van der Waals surface area contributed by atoms with Crippen molar-refractivity contribution in [3.05, 3.63) is 63.9 Å². The van der Waals surface area contributed by atoms with Crippen LogP contribution in [0.2, 0.25) is 5.15 Å². The van der Waals surface area contributed by atoms with E-state index in [1.54, 1.807) is 19.1 Å². The van der Waals surface area contributed by atoms with Crippen molar-refractivity contribution in [3.8, 4) is 0 Å². The number of hydrogen-bond acceptors (Lipinski definition) is 4. The molecule has 22 heavy (non-hydrogen) atoms. The summed E-state index contributed by atoms with van der Waals surface area (Å²) in [4.78, 5) is 28.1. The molecular weight excluding hydrogens is 302 g/mol. The van der Waals surface area contributed by atoms with Crippen LogP contribution in [0.1, 0.15) is 38.8 Å². The van der Waals surface area contributed by atoms with Gasteiger partial charge in [0, 0.05) is 11.8 Å². The van der Waals surface area contributed by atoms with Gasteiger partial charge in [-0.25, -0.2) is 9.78 Å². The highest BCUT2D eigenvalue weighted by atomic mass is 35.5. The molecule has 2 aromatic rings. The first-order valence-corrected chi connectivity index (χ1v) is 7.20. The average Bonchev–Trinajstić information content (AvgIpc) is 2.49. The number of nitrogens with zero attached hydrogens (tertiary/aromatic N) is 1. The van der Waals surface area contributed by atoms with Gasteiger partial charge >= 0.3 is 5.97 Å². The second-order valence-electron chi connectivity index (χ2n) is 5.08. The Bertz CT molecular complexity index is 710. The van der Waals surface area contributed by atoms with E-state index in [1.807, 2.05) is 19.9 Å². The summed E-state index contributed by atoms with van der Waals surface area (Å²) in [6, 6.07) is 8.41. The van der Waals surface area contributed by atoms with Crippen molar-refractivity contribution >= 4 is 23.4 Å². The van der Waals surface area contributed by atoms with Gasteiger partial charge in [0.2, 0.25) is 5.78 Å². The van der Waals surface area contributed by atoms with Crippen molar-refractivity contribution in [2.24, 2.45) is 0 Å². The quantitative estimate of drug-likeness (QED) is 0.489. The number of halogens is 1. The van der Waals surface area contributed by atoms with E-state index in [2.05, 4.69) is 4.98 Å². The first-order chi connectivity index (χ1) is 10.4. The molecule has 5 heteroatoms. The van der Waals surface area contributed by atoms with Crippen LogP contribution in [0, 0.1) is 13.8 Å². The number of rotatable bonds is 4. The molecule has 0 aliphatic heterocycles. The lowest BCUT2D eigenvalue weighted by atomic mass is 10.0. The number of benzene rings is 1. The molecule has 0 saturated heterocycles. The number of aryl methyl sites for hydroxylation is 2. The predicted molar refractivity (Wildman–Crippen MR) is 84.4 cm³/mol. The molecule has 0 bridgehead atoms. The van der Waals surface area contributed by atoms with Gasteiger partial charge in [0.25, 0.3) is 0 Å². The molecule has 4 nitrogen and oxygen atoms in total. The summed E-state index contributed by atoms with van der Waals surface area (Å²) in [7, 11) is 0. The van der Waals surface area contributed by atoms with Crippen LogP contribution in [0.15, 0.2) is 36.5 Å². The topological polar surface area (TPSA) is 56.3 Å². The Kier molecular flexibility index (Phi) is 4.93. The van der Waals surface area contributed by atoms with Crippen molar-refractivity contribution in [2.75, 3.05) is 0 Å². The molecule has 0 spiro atoms. The number of carbonyl (C=O) groups is 2. The van der Waals surface area contributed by atoms with Gasteiger partial charge in [-0.1, -0.05) is 23.7 Å². The zero-order chi connectivity index (χ0) is 16.3. The van der Waals surface area contributed by atoms with Gasteiger partial charge in [-0.05, 0) is 50.1 Å². The van der Waals surface area contributed by atoms with Gasteiger partial charge in [0.1, 0.15) is 5.15 Å². The Labute approximate surface area is 134 Å². The molecule has 114 valence electrons. The molecule has 0 radical (unpaired) electrons. The van der Waals surface area contributed by atoms with Crippen LogP contribution in [-0.2, 0) is 4.74 Å². The van der Waals surface area contributed by atoms with E-state index in [0.717, 1.165) is 11.1 Å². The molecular formula is C17H16ClNO3. The molecule has 0 saturated carbocycles. The molecule has 2 rings (SSSR count). The van der Waals surface area contributed by atoms with Crippen molar-refractivity contribution in [2.45, 2.75) is 26.9 Å².